The molecule has 0 spiro atoms. The molecule has 0 aliphatic heterocycles. The minimum Gasteiger partial charge on any atom is -0.387 e. The molecule has 0 aliphatic rings. The Morgan fingerprint density at radius 2 is 1.89 bits per heavy atom. The molecule has 18 heavy (non-hydrogen) atoms. The first kappa shape index (κ1) is 14.7. The Kier molecular flexibility index (Phi) is 5.35. The second-order valence-electron chi connectivity index (χ2n) is 5.62. The molecule has 3 heteroatoms. The zero-order chi connectivity index (χ0) is 13.6. The van der Waals surface area contributed by atoms with Crippen LogP contribution in [0.25, 0.3) is 0 Å². The molecule has 0 saturated carbocycles. The van der Waals surface area contributed by atoms with Crippen LogP contribution in [0.15, 0.2) is 30.3 Å². The van der Waals surface area contributed by atoms with Crippen LogP contribution in [0.4, 0.5) is 0 Å². The maximum absolute atomic E-state index is 7.53. The van der Waals surface area contributed by atoms with Crippen molar-refractivity contribution in [2.24, 2.45) is 11.1 Å². The van der Waals surface area contributed by atoms with Gasteiger partial charge in [0.25, 0.3) is 0 Å². The Labute approximate surface area is 111 Å². The van der Waals surface area contributed by atoms with Crippen LogP contribution in [0.5, 0.6) is 0 Å². The van der Waals surface area contributed by atoms with E-state index in [4.69, 9.17) is 11.1 Å². The van der Waals surface area contributed by atoms with Gasteiger partial charge in [0.1, 0.15) is 0 Å². The Morgan fingerprint density at radius 3 is 2.44 bits per heavy atom. The number of nitrogens with two attached hydrogens (primary N) is 1. The summed E-state index contributed by atoms with van der Waals surface area (Å²) in [5.74, 6) is 0.285. The SMILES string of the molecule is CN(CCCC(C)(C)C(=N)N)Cc1ccccc1. The molecule has 100 valence electrons. The Morgan fingerprint density at radius 1 is 1.28 bits per heavy atom. The van der Waals surface area contributed by atoms with Crippen LogP contribution in [0.1, 0.15) is 32.3 Å². The van der Waals surface area contributed by atoms with Crippen LogP contribution in [0.2, 0.25) is 0 Å². The summed E-state index contributed by atoms with van der Waals surface area (Å²) in [7, 11) is 2.13. The van der Waals surface area contributed by atoms with Crippen LogP contribution in [-0.2, 0) is 6.54 Å². The molecule has 0 atom stereocenters. The number of amidine groups is 1. The highest BCUT2D eigenvalue weighted by Gasteiger charge is 2.20. The van der Waals surface area contributed by atoms with Gasteiger partial charge in [-0.15, -0.1) is 0 Å². The highest BCUT2D eigenvalue weighted by molar-refractivity contribution is 5.82. The Bertz CT molecular complexity index is 371. The summed E-state index contributed by atoms with van der Waals surface area (Å²) in [5.41, 5.74) is 6.75. The lowest BCUT2D eigenvalue weighted by Gasteiger charge is -2.24. The molecule has 0 radical (unpaired) electrons. The zero-order valence-electron chi connectivity index (χ0n) is 11.7. The molecule has 3 nitrogen and oxygen atoms in total. The lowest BCUT2D eigenvalue weighted by atomic mass is 9.86. The van der Waals surface area contributed by atoms with Gasteiger partial charge in [0.2, 0.25) is 0 Å². The van der Waals surface area contributed by atoms with E-state index in [0.29, 0.717) is 0 Å². The van der Waals surface area contributed by atoms with Crippen molar-refractivity contribution in [2.45, 2.75) is 33.2 Å². The van der Waals surface area contributed by atoms with Gasteiger partial charge in [0.15, 0.2) is 0 Å². The predicted molar refractivity (Wildman–Crippen MR) is 77.7 cm³/mol. The van der Waals surface area contributed by atoms with Crippen molar-refractivity contribution in [2.75, 3.05) is 13.6 Å². The largest absolute Gasteiger partial charge is 0.387 e. The quantitative estimate of drug-likeness (QED) is 0.575. The molecule has 0 heterocycles. The topological polar surface area (TPSA) is 53.1 Å². The van der Waals surface area contributed by atoms with Crippen molar-refractivity contribution >= 4 is 5.84 Å². The highest BCUT2D eigenvalue weighted by Crippen LogP contribution is 2.21. The van der Waals surface area contributed by atoms with Gasteiger partial charge in [-0.1, -0.05) is 44.2 Å². The fourth-order valence-electron chi connectivity index (χ4n) is 1.90. The van der Waals surface area contributed by atoms with Crippen LogP contribution in [0, 0.1) is 10.8 Å². The van der Waals surface area contributed by atoms with Gasteiger partial charge in [-0.05, 0) is 32.0 Å². The summed E-state index contributed by atoms with van der Waals surface area (Å²) >= 11 is 0. The minimum atomic E-state index is -0.173. The number of rotatable bonds is 7. The van der Waals surface area contributed by atoms with E-state index in [9.17, 15) is 0 Å². The predicted octanol–water partition coefficient (Wildman–Crippen LogP) is 2.86. The third-order valence-electron chi connectivity index (χ3n) is 3.37. The number of benzene rings is 1. The second kappa shape index (κ2) is 6.55. The molecule has 0 unspecified atom stereocenters. The van der Waals surface area contributed by atoms with E-state index < -0.39 is 0 Å². The summed E-state index contributed by atoms with van der Waals surface area (Å²) in [4.78, 5) is 2.31. The van der Waals surface area contributed by atoms with E-state index in [2.05, 4.69) is 36.2 Å². The molecule has 1 rings (SSSR count). The number of nitrogens with one attached hydrogen (secondary N) is 1. The molecule has 0 aliphatic carbocycles. The van der Waals surface area contributed by atoms with Crippen LogP contribution >= 0.6 is 0 Å². The van der Waals surface area contributed by atoms with E-state index in [0.717, 1.165) is 25.9 Å². The van der Waals surface area contributed by atoms with Crippen molar-refractivity contribution in [3.63, 3.8) is 0 Å². The molecular weight excluding hydrogens is 222 g/mol. The summed E-state index contributed by atoms with van der Waals surface area (Å²) in [6.07, 6.45) is 2.03. The van der Waals surface area contributed by atoms with Crippen molar-refractivity contribution in [3.8, 4) is 0 Å². The first-order valence-corrected chi connectivity index (χ1v) is 6.49. The van der Waals surface area contributed by atoms with E-state index in [1.165, 1.54) is 5.56 Å². The van der Waals surface area contributed by atoms with Crippen LogP contribution in [-0.4, -0.2) is 24.3 Å². The Balaban J connectivity index is 2.30. The van der Waals surface area contributed by atoms with E-state index in [1.54, 1.807) is 0 Å². The molecule has 0 bridgehead atoms. The van der Waals surface area contributed by atoms with Gasteiger partial charge in [-0.3, -0.25) is 5.41 Å². The molecular formula is C15H25N3. The standard InChI is InChI=1S/C15H25N3/c1-15(2,14(16)17)10-7-11-18(3)12-13-8-5-4-6-9-13/h4-6,8-9H,7,10-12H2,1-3H3,(H3,16,17). The van der Waals surface area contributed by atoms with E-state index in [-0.39, 0.29) is 11.3 Å². The average molecular weight is 247 g/mol. The second-order valence-corrected chi connectivity index (χ2v) is 5.62. The smallest absolute Gasteiger partial charge is 0.0963 e. The minimum absolute atomic E-state index is 0.173. The van der Waals surface area contributed by atoms with Gasteiger partial charge in [-0.25, -0.2) is 0 Å². The van der Waals surface area contributed by atoms with Gasteiger partial charge in [0, 0.05) is 12.0 Å². The molecule has 0 aromatic heterocycles. The van der Waals surface area contributed by atoms with Crippen LogP contribution < -0.4 is 5.73 Å². The van der Waals surface area contributed by atoms with Gasteiger partial charge < -0.3 is 10.6 Å². The molecule has 0 fully saturated rings. The number of hydrogen-bond acceptors (Lipinski definition) is 2. The first-order valence-electron chi connectivity index (χ1n) is 6.49. The average Bonchev–Trinajstić information content (AvgIpc) is 2.29. The maximum Gasteiger partial charge on any atom is 0.0963 e. The molecule has 1 aromatic carbocycles. The number of nitrogens with zero attached hydrogens (tertiary/aromatic N) is 1. The first-order chi connectivity index (χ1) is 8.42. The third kappa shape index (κ3) is 4.88. The molecule has 3 N–H and O–H groups in total. The van der Waals surface area contributed by atoms with Gasteiger partial charge >= 0.3 is 0 Å². The van der Waals surface area contributed by atoms with Crippen molar-refractivity contribution in [3.05, 3.63) is 35.9 Å². The summed E-state index contributed by atoms with van der Waals surface area (Å²) in [6.45, 7) is 6.08. The fraction of sp³-hybridized carbons (Fsp3) is 0.533. The van der Waals surface area contributed by atoms with Gasteiger partial charge in [-0.2, -0.15) is 0 Å². The molecule has 0 amide bonds. The molecule has 0 saturated heterocycles. The van der Waals surface area contributed by atoms with Crippen molar-refractivity contribution in [1.82, 2.24) is 4.90 Å². The zero-order valence-corrected chi connectivity index (χ0v) is 11.7. The van der Waals surface area contributed by atoms with E-state index >= 15 is 0 Å². The third-order valence-corrected chi connectivity index (χ3v) is 3.37. The number of hydrogen-bond donors (Lipinski definition) is 2. The highest BCUT2D eigenvalue weighted by atomic mass is 15.1. The maximum atomic E-state index is 7.53. The lowest BCUT2D eigenvalue weighted by molar-refractivity contribution is 0.300. The fourth-order valence-corrected chi connectivity index (χ4v) is 1.90. The monoisotopic (exact) mass is 247 g/mol. The van der Waals surface area contributed by atoms with Crippen LogP contribution in [0.3, 0.4) is 0 Å². The van der Waals surface area contributed by atoms with Crippen molar-refractivity contribution in [1.29, 1.82) is 5.41 Å². The lowest BCUT2D eigenvalue weighted by Crippen LogP contribution is -2.31. The summed E-state index contributed by atoms with van der Waals surface area (Å²) in [6, 6.07) is 10.5. The molecule has 1 aromatic rings. The van der Waals surface area contributed by atoms with Gasteiger partial charge in [0.05, 0.1) is 5.84 Å². The van der Waals surface area contributed by atoms with E-state index in [1.807, 2.05) is 19.9 Å². The summed E-state index contributed by atoms with van der Waals surface area (Å²) < 4.78 is 0. The normalized spacial score (nSPS) is 11.8. The van der Waals surface area contributed by atoms with Crippen molar-refractivity contribution < 1.29 is 0 Å². The summed E-state index contributed by atoms with van der Waals surface area (Å²) in [5, 5.41) is 7.53. The Hall–Kier alpha value is -1.35.